The zero-order valence-electron chi connectivity index (χ0n) is 13.7. The van der Waals surface area contributed by atoms with Crippen molar-refractivity contribution in [2.24, 2.45) is 0 Å². The van der Waals surface area contributed by atoms with Crippen molar-refractivity contribution in [1.82, 2.24) is 9.80 Å². The van der Waals surface area contributed by atoms with Crippen LogP contribution in [-0.4, -0.2) is 54.3 Å². The Kier molecular flexibility index (Phi) is 4.96. The van der Waals surface area contributed by atoms with E-state index in [2.05, 4.69) is 10.2 Å². The topological polar surface area (TPSA) is 65.8 Å². The van der Waals surface area contributed by atoms with Crippen molar-refractivity contribution in [2.75, 3.05) is 38.0 Å². The van der Waals surface area contributed by atoms with Crippen molar-refractivity contribution in [3.8, 4) is 0 Å². The van der Waals surface area contributed by atoms with Gasteiger partial charge in [0.1, 0.15) is 6.26 Å². The summed E-state index contributed by atoms with van der Waals surface area (Å²) in [5.41, 5.74) is 2.46. The van der Waals surface area contributed by atoms with Gasteiger partial charge in [0.05, 0.1) is 18.4 Å². The molecule has 0 radical (unpaired) electrons. The number of carbonyl (C=O) groups is 2. The van der Waals surface area contributed by atoms with E-state index in [9.17, 15) is 9.59 Å². The van der Waals surface area contributed by atoms with Gasteiger partial charge in [-0.05, 0) is 24.6 Å². The number of amides is 2. The molecule has 6 nitrogen and oxygen atoms in total. The minimum atomic E-state index is -0.0288. The van der Waals surface area contributed by atoms with Gasteiger partial charge in [-0.15, -0.1) is 0 Å². The van der Waals surface area contributed by atoms with E-state index in [0.717, 1.165) is 11.3 Å². The molecule has 24 heavy (non-hydrogen) atoms. The number of rotatable bonds is 4. The van der Waals surface area contributed by atoms with Crippen LogP contribution < -0.4 is 5.32 Å². The maximum absolute atomic E-state index is 12.2. The zero-order chi connectivity index (χ0) is 16.9. The second kappa shape index (κ2) is 7.31. The average molecular weight is 327 g/mol. The summed E-state index contributed by atoms with van der Waals surface area (Å²) in [6.07, 6.45) is 2.96. The zero-order valence-corrected chi connectivity index (χ0v) is 13.7. The number of piperazine rings is 1. The molecule has 1 aromatic carbocycles. The Labute approximate surface area is 141 Å². The highest BCUT2D eigenvalue weighted by Crippen LogP contribution is 2.13. The van der Waals surface area contributed by atoms with Crippen LogP contribution >= 0.6 is 0 Å². The Hall–Kier alpha value is -2.60. The summed E-state index contributed by atoms with van der Waals surface area (Å²) in [7, 11) is 0. The standard InChI is InChI=1S/C18H21N3O3/c1-14-4-2-3-5-16(14)19-17(22)12-20-7-9-21(10-8-20)18(23)15-6-11-24-13-15/h2-6,11,13H,7-10,12H2,1H3,(H,19,22). The Morgan fingerprint density at radius 3 is 2.54 bits per heavy atom. The second-order valence-electron chi connectivity index (χ2n) is 5.94. The minimum absolute atomic E-state index is 0.0206. The van der Waals surface area contributed by atoms with E-state index in [1.165, 1.54) is 12.5 Å². The van der Waals surface area contributed by atoms with E-state index in [1.807, 2.05) is 31.2 Å². The van der Waals surface area contributed by atoms with Gasteiger partial charge in [-0.3, -0.25) is 14.5 Å². The van der Waals surface area contributed by atoms with Crippen molar-refractivity contribution in [3.05, 3.63) is 54.0 Å². The molecule has 1 fully saturated rings. The molecule has 2 amide bonds. The first-order valence-electron chi connectivity index (χ1n) is 8.03. The van der Waals surface area contributed by atoms with Gasteiger partial charge in [0.2, 0.25) is 5.91 Å². The third-order valence-electron chi connectivity index (χ3n) is 4.21. The second-order valence-corrected chi connectivity index (χ2v) is 5.94. The summed E-state index contributed by atoms with van der Waals surface area (Å²) in [6, 6.07) is 9.39. The van der Waals surface area contributed by atoms with E-state index in [-0.39, 0.29) is 11.8 Å². The smallest absolute Gasteiger partial charge is 0.257 e. The highest BCUT2D eigenvalue weighted by atomic mass is 16.3. The van der Waals surface area contributed by atoms with Crippen LogP contribution in [0.1, 0.15) is 15.9 Å². The Morgan fingerprint density at radius 2 is 1.88 bits per heavy atom. The van der Waals surface area contributed by atoms with E-state index >= 15 is 0 Å². The first-order valence-corrected chi connectivity index (χ1v) is 8.03. The van der Waals surface area contributed by atoms with E-state index < -0.39 is 0 Å². The summed E-state index contributed by atoms with van der Waals surface area (Å²) >= 11 is 0. The summed E-state index contributed by atoms with van der Waals surface area (Å²) in [5, 5.41) is 2.94. The fourth-order valence-corrected chi connectivity index (χ4v) is 2.78. The lowest BCUT2D eigenvalue weighted by Gasteiger charge is -2.34. The Balaban J connectivity index is 1.48. The van der Waals surface area contributed by atoms with E-state index in [0.29, 0.717) is 38.3 Å². The predicted molar refractivity (Wildman–Crippen MR) is 90.9 cm³/mol. The van der Waals surface area contributed by atoms with Gasteiger partial charge in [0, 0.05) is 31.9 Å². The molecule has 1 aliphatic rings. The highest BCUT2D eigenvalue weighted by molar-refractivity contribution is 5.94. The number of nitrogens with one attached hydrogen (secondary N) is 1. The number of para-hydroxylation sites is 1. The van der Waals surface area contributed by atoms with Gasteiger partial charge in [0.15, 0.2) is 0 Å². The minimum Gasteiger partial charge on any atom is -0.472 e. The molecular weight excluding hydrogens is 306 g/mol. The molecule has 0 aliphatic carbocycles. The van der Waals surface area contributed by atoms with Gasteiger partial charge in [-0.2, -0.15) is 0 Å². The Bertz CT molecular complexity index is 704. The maximum Gasteiger partial charge on any atom is 0.257 e. The summed E-state index contributed by atoms with van der Waals surface area (Å²) in [6.45, 7) is 4.90. The number of anilines is 1. The summed E-state index contributed by atoms with van der Waals surface area (Å²) < 4.78 is 4.96. The monoisotopic (exact) mass is 327 g/mol. The Morgan fingerprint density at radius 1 is 1.12 bits per heavy atom. The van der Waals surface area contributed by atoms with Gasteiger partial charge in [0.25, 0.3) is 5.91 Å². The number of furan rings is 1. The van der Waals surface area contributed by atoms with Crippen LogP contribution in [0.2, 0.25) is 0 Å². The fourth-order valence-electron chi connectivity index (χ4n) is 2.78. The van der Waals surface area contributed by atoms with Crippen LogP contribution in [-0.2, 0) is 4.79 Å². The normalized spacial score (nSPS) is 15.3. The molecule has 0 bridgehead atoms. The molecule has 2 aromatic rings. The summed E-state index contributed by atoms with van der Waals surface area (Å²) in [4.78, 5) is 28.3. The van der Waals surface area contributed by atoms with Crippen molar-refractivity contribution in [3.63, 3.8) is 0 Å². The molecule has 0 atom stereocenters. The van der Waals surface area contributed by atoms with Crippen LogP contribution in [0.4, 0.5) is 5.69 Å². The van der Waals surface area contributed by atoms with Crippen LogP contribution in [0, 0.1) is 6.92 Å². The fraction of sp³-hybridized carbons (Fsp3) is 0.333. The lowest BCUT2D eigenvalue weighted by atomic mass is 10.2. The highest BCUT2D eigenvalue weighted by Gasteiger charge is 2.23. The maximum atomic E-state index is 12.2. The third kappa shape index (κ3) is 3.83. The predicted octanol–water partition coefficient (Wildman–Crippen LogP) is 1.98. The number of aryl methyl sites for hydroxylation is 1. The van der Waals surface area contributed by atoms with E-state index in [4.69, 9.17) is 4.42 Å². The first-order chi connectivity index (χ1) is 11.6. The molecule has 1 aromatic heterocycles. The van der Waals surface area contributed by atoms with Crippen molar-refractivity contribution in [1.29, 1.82) is 0 Å². The summed E-state index contributed by atoms with van der Waals surface area (Å²) in [5.74, 6) is -0.0494. The molecule has 1 saturated heterocycles. The van der Waals surface area contributed by atoms with E-state index in [1.54, 1.807) is 11.0 Å². The lowest BCUT2D eigenvalue weighted by molar-refractivity contribution is -0.117. The van der Waals surface area contributed by atoms with Crippen LogP contribution in [0.25, 0.3) is 0 Å². The van der Waals surface area contributed by atoms with Gasteiger partial charge >= 0.3 is 0 Å². The molecule has 1 aliphatic heterocycles. The number of hydrogen-bond acceptors (Lipinski definition) is 4. The molecular formula is C18H21N3O3. The number of benzene rings is 1. The molecule has 0 saturated carbocycles. The lowest BCUT2D eigenvalue weighted by Crippen LogP contribution is -2.50. The molecule has 126 valence electrons. The van der Waals surface area contributed by atoms with Crippen molar-refractivity contribution < 1.29 is 14.0 Å². The van der Waals surface area contributed by atoms with Gasteiger partial charge in [-0.25, -0.2) is 0 Å². The van der Waals surface area contributed by atoms with Crippen molar-refractivity contribution in [2.45, 2.75) is 6.92 Å². The largest absolute Gasteiger partial charge is 0.472 e. The molecule has 0 unspecified atom stereocenters. The first kappa shape index (κ1) is 16.3. The third-order valence-corrected chi connectivity index (χ3v) is 4.21. The number of carbonyl (C=O) groups excluding carboxylic acids is 2. The van der Waals surface area contributed by atoms with Crippen LogP contribution in [0.15, 0.2) is 47.3 Å². The number of nitrogens with zero attached hydrogens (tertiary/aromatic N) is 2. The van der Waals surface area contributed by atoms with Crippen LogP contribution in [0.3, 0.4) is 0 Å². The van der Waals surface area contributed by atoms with Gasteiger partial charge in [-0.1, -0.05) is 18.2 Å². The quantitative estimate of drug-likeness (QED) is 0.932. The number of hydrogen-bond donors (Lipinski definition) is 1. The molecule has 3 rings (SSSR count). The van der Waals surface area contributed by atoms with Gasteiger partial charge < -0.3 is 14.6 Å². The average Bonchev–Trinajstić information content (AvgIpc) is 3.11. The SMILES string of the molecule is Cc1ccccc1NC(=O)CN1CCN(C(=O)c2ccoc2)CC1. The van der Waals surface area contributed by atoms with Crippen LogP contribution in [0.5, 0.6) is 0 Å². The van der Waals surface area contributed by atoms with Crippen molar-refractivity contribution >= 4 is 17.5 Å². The molecule has 2 heterocycles. The molecule has 1 N–H and O–H groups in total. The molecule has 6 heteroatoms. The molecule has 0 spiro atoms.